The molecule has 60 heavy (non-hydrogen) atoms. The zero-order valence-electron chi connectivity index (χ0n) is 33.5. The molecule has 288 valence electrons. The topological polar surface area (TPSA) is 62.5 Å². The van der Waals surface area contributed by atoms with Crippen LogP contribution in [0.5, 0.6) is 0 Å². The van der Waals surface area contributed by atoms with Crippen LogP contribution in [0.1, 0.15) is 49.7 Å². The van der Waals surface area contributed by atoms with Gasteiger partial charge in [-0.3, -0.25) is 0 Å². The van der Waals surface area contributed by atoms with Crippen molar-refractivity contribution in [3.05, 3.63) is 187 Å². The molecule has 4 aliphatic carbocycles. The minimum absolute atomic E-state index is 0.333. The molecule has 4 fully saturated rings. The molecule has 0 spiro atoms. The Labute approximate surface area is 352 Å². The van der Waals surface area contributed by atoms with E-state index < -0.39 is 0 Å². The van der Waals surface area contributed by atoms with Gasteiger partial charge in [0, 0.05) is 16.7 Å². The molecular weight excluding hydrogens is 729 g/mol. The maximum atomic E-state index is 10.3. The molecule has 1 heterocycles. The van der Waals surface area contributed by atoms with Gasteiger partial charge in [0.1, 0.15) is 0 Å². The number of aromatic nitrogens is 3. The molecule has 1 aromatic heterocycles. The standard InChI is InChI=1S/C56H44N4/c57-36-47-15-7-8-20-52(47)49-30-48(42-21-23-51(24-22-42)56-33-37-25-38(34-56)27-39(26-37)35-56)31-50(32-49)55-59-53(45-18-9-16-43(28-45)40-11-3-1-4-12-40)58-54(60-55)46-19-10-17-44(29-46)41-13-5-2-6-14-41/h1-24,28-32,37-39H,25-27,33-35H2/t37-,38+,39-,56?. The Morgan fingerprint density at radius 3 is 1.35 bits per heavy atom. The summed E-state index contributed by atoms with van der Waals surface area (Å²) < 4.78 is 0. The van der Waals surface area contributed by atoms with Crippen LogP contribution in [-0.2, 0) is 5.41 Å². The number of nitriles is 1. The van der Waals surface area contributed by atoms with Gasteiger partial charge in [0.05, 0.1) is 11.6 Å². The first-order valence-corrected chi connectivity index (χ1v) is 21.4. The fourth-order valence-electron chi connectivity index (χ4n) is 11.1. The Morgan fingerprint density at radius 2 is 0.800 bits per heavy atom. The van der Waals surface area contributed by atoms with Gasteiger partial charge in [0.15, 0.2) is 17.5 Å². The largest absolute Gasteiger partial charge is 0.208 e. The zero-order chi connectivity index (χ0) is 40.0. The lowest BCUT2D eigenvalue weighted by Gasteiger charge is -2.57. The van der Waals surface area contributed by atoms with Crippen molar-refractivity contribution >= 4 is 0 Å². The van der Waals surface area contributed by atoms with E-state index in [1.165, 1.54) is 44.1 Å². The summed E-state index contributed by atoms with van der Waals surface area (Å²) in [5.41, 5.74) is 13.6. The number of hydrogen-bond donors (Lipinski definition) is 0. The highest BCUT2D eigenvalue weighted by Gasteiger charge is 2.51. The summed E-state index contributed by atoms with van der Waals surface area (Å²) in [5, 5.41) is 10.3. The second kappa shape index (κ2) is 15.0. The average molecular weight is 773 g/mol. The number of nitrogens with zero attached hydrogens (tertiary/aromatic N) is 4. The molecule has 0 N–H and O–H groups in total. The molecule has 7 aromatic carbocycles. The maximum absolute atomic E-state index is 10.3. The molecule has 4 nitrogen and oxygen atoms in total. The second-order valence-corrected chi connectivity index (χ2v) is 17.4. The summed E-state index contributed by atoms with van der Waals surface area (Å²) >= 11 is 0. The van der Waals surface area contributed by atoms with Crippen LogP contribution in [0.15, 0.2) is 176 Å². The SMILES string of the molecule is N#Cc1ccccc1-c1cc(-c2ccc(C34C[C@H]5C[C@@H](C3)C[C@@H](C4)C5)cc2)cc(-c2nc(-c3cccc(-c4ccccc4)c3)nc(-c3cccc(-c4ccccc4)c3)n2)c1. The summed E-state index contributed by atoms with van der Waals surface area (Å²) in [6.07, 6.45) is 8.35. The minimum atomic E-state index is 0.333. The van der Waals surface area contributed by atoms with Gasteiger partial charge in [-0.1, -0.05) is 140 Å². The molecule has 4 saturated carbocycles. The molecule has 0 saturated heterocycles. The fraction of sp³-hybridized carbons (Fsp3) is 0.179. The first kappa shape index (κ1) is 36.1. The molecular formula is C56H44N4. The summed E-state index contributed by atoms with van der Waals surface area (Å²) in [5.74, 6) is 4.46. The minimum Gasteiger partial charge on any atom is -0.208 e. The second-order valence-electron chi connectivity index (χ2n) is 17.4. The molecule has 0 unspecified atom stereocenters. The Balaban J connectivity index is 1.07. The van der Waals surface area contributed by atoms with Crippen LogP contribution < -0.4 is 0 Å². The van der Waals surface area contributed by atoms with Gasteiger partial charge in [-0.05, 0) is 148 Å². The molecule has 4 bridgehead atoms. The molecule has 4 aliphatic rings. The lowest BCUT2D eigenvalue weighted by Crippen LogP contribution is -2.48. The van der Waals surface area contributed by atoms with Gasteiger partial charge < -0.3 is 0 Å². The third-order valence-corrected chi connectivity index (χ3v) is 13.5. The Kier molecular flexibility index (Phi) is 9.04. The number of rotatable bonds is 8. The predicted molar refractivity (Wildman–Crippen MR) is 242 cm³/mol. The third kappa shape index (κ3) is 6.81. The van der Waals surface area contributed by atoms with Crippen molar-refractivity contribution in [1.29, 1.82) is 5.26 Å². The lowest BCUT2D eigenvalue weighted by molar-refractivity contribution is -0.00518. The normalized spacial score (nSPS) is 20.1. The Morgan fingerprint density at radius 1 is 0.383 bits per heavy atom. The summed E-state index contributed by atoms with van der Waals surface area (Å²) in [4.78, 5) is 15.7. The van der Waals surface area contributed by atoms with E-state index in [9.17, 15) is 5.26 Å². The number of benzene rings is 7. The third-order valence-electron chi connectivity index (χ3n) is 13.5. The van der Waals surface area contributed by atoms with Crippen LogP contribution in [0.4, 0.5) is 0 Å². The summed E-state index contributed by atoms with van der Waals surface area (Å²) in [6, 6.07) is 64.0. The van der Waals surface area contributed by atoms with Gasteiger partial charge in [-0.2, -0.15) is 5.26 Å². The molecule has 0 atom stereocenters. The van der Waals surface area contributed by atoms with Crippen molar-refractivity contribution < 1.29 is 0 Å². The van der Waals surface area contributed by atoms with Crippen molar-refractivity contribution in [1.82, 2.24) is 15.0 Å². The van der Waals surface area contributed by atoms with Crippen molar-refractivity contribution in [2.75, 3.05) is 0 Å². The van der Waals surface area contributed by atoms with Crippen molar-refractivity contribution in [3.8, 4) is 84.7 Å². The highest BCUT2D eigenvalue weighted by atomic mass is 15.0. The van der Waals surface area contributed by atoms with Crippen LogP contribution in [0.25, 0.3) is 78.7 Å². The highest BCUT2D eigenvalue weighted by Crippen LogP contribution is 2.60. The monoisotopic (exact) mass is 772 g/mol. The van der Waals surface area contributed by atoms with Crippen molar-refractivity contribution in [3.63, 3.8) is 0 Å². The van der Waals surface area contributed by atoms with E-state index >= 15 is 0 Å². The molecule has 8 aromatic rings. The fourth-order valence-corrected chi connectivity index (χ4v) is 11.1. The maximum Gasteiger partial charge on any atom is 0.164 e. The lowest BCUT2D eigenvalue weighted by atomic mass is 9.48. The molecule has 4 heteroatoms. The first-order chi connectivity index (χ1) is 29.6. The van der Waals surface area contributed by atoms with Crippen molar-refractivity contribution in [2.45, 2.75) is 43.9 Å². The highest BCUT2D eigenvalue weighted by molar-refractivity contribution is 5.83. The smallest absolute Gasteiger partial charge is 0.164 e. The van der Waals surface area contributed by atoms with E-state index in [-0.39, 0.29) is 0 Å². The zero-order valence-corrected chi connectivity index (χ0v) is 33.5. The Hall–Kier alpha value is -6.96. The first-order valence-electron chi connectivity index (χ1n) is 21.4. The van der Waals surface area contributed by atoms with Crippen molar-refractivity contribution in [2.24, 2.45) is 17.8 Å². The van der Waals surface area contributed by atoms with E-state index in [1.54, 1.807) is 0 Å². The van der Waals surface area contributed by atoms with Gasteiger partial charge in [-0.25, -0.2) is 15.0 Å². The van der Waals surface area contributed by atoms with E-state index in [0.29, 0.717) is 28.5 Å². The molecule has 0 amide bonds. The van der Waals surface area contributed by atoms with Gasteiger partial charge in [-0.15, -0.1) is 0 Å². The van der Waals surface area contributed by atoms with Crippen LogP contribution in [0.2, 0.25) is 0 Å². The van der Waals surface area contributed by atoms with E-state index in [2.05, 4.69) is 146 Å². The van der Waals surface area contributed by atoms with Crippen LogP contribution in [-0.4, -0.2) is 15.0 Å². The van der Waals surface area contributed by atoms with Crippen LogP contribution >= 0.6 is 0 Å². The summed E-state index contributed by atoms with van der Waals surface area (Å²) in [7, 11) is 0. The Bertz CT molecular complexity index is 2770. The van der Waals surface area contributed by atoms with Crippen LogP contribution in [0, 0.1) is 29.1 Å². The van der Waals surface area contributed by atoms with E-state index in [0.717, 1.165) is 79.0 Å². The number of hydrogen-bond acceptors (Lipinski definition) is 4. The quantitative estimate of drug-likeness (QED) is 0.154. The molecule has 0 aliphatic heterocycles. The van der Waals surface area contributed by atoms with Gasteiger partial charge in [0.25, 0.3) is 0 Å². The van der Waals surface area contributed by atoms with Gasteiger partial charge >= 0.3 is 0 Å². The van der Waals surface area contributed by atoms with Gasteiger partial charge in [0.2, 0.25) is 0 Å². The average Bonchev–Trinajstić information content (AvgIpc) is 3.31. The predicted octanol–water partition coefficient (Wildman–Crippen LogP) is 13.9. The molecule has 0 radical (unpaired) electrons. The van der Waals surface area contributed by atoms with E-state index in [4.69, 9.17) is 15.0 Å². The molecule has 12 rings (SSSR count). The van der Waals surface area contributed by atoms with E-state index in [1.807, 2.05) is 36.4 Å². The van der Waals surface area contributed by atoms with Crippen LogP contribution in [0.3, 0.4) is 0 Å². The summed E-state index contributed by atoms with van der Waals surface area (Å²) in [6.45, 7) is 0.